The minimum absolute atomic E-state index is 0.0531. The summed E-state index contributed by atoms with van der Waals surface area (Å²) in [7, 11) is 1.53. The van der Waals surface area contributed by atoms with E-state index in [4.69, 9.17) is 9.47 Å². The van der Waals surface area contributed by atoms with Crippen molar-refractivity contribution in [2.24, 2.45) is 0 Å². The van der Waals surface area contributed by atoms with Crippen molar-refractivity contribution in [3.8, 4) is 5.75 Å². The van der Waals surface area contributed by atoms with Crippen LogP contribution in [0.4, 0.5) is 4.39 Å². The largest absolute Gasteiger partial charge is 0.497 e. The molecule has 1 heterocycles. The summed E-state index contributed by atoms with van der Waals surface area (Å²) in [6.45, 7) is 5.52. The Morgan fingerprint density at radius 3 is 2.83 bits per heavy atom. The maximum absolute atomic E-state index is 13.9. The van der Waals surface area contributed by atoms with Gasteiger partial charge in [-0.1, -0.05) is 6.07 Å². The fourth-order valence-electron chi connectivity index (χ4n) is 2.37. The van der Waals surface area contributed by atoms with Gasteiger partial charge in [-0.2, -0.15) is 0 Å². The van der Waals surface area contributed by atoms with Crippen LogP contribution in [0.3, 0.4) is 0 Å². The van der Waals surface area contributed by atoms with Crippen LogP contribution in [0.1, 0.15) is 31.9 Å². The van der Waals surface area contributed by atoms with Gasteiger partial charge in [0.2, 0.25) is 0 Å². The molecule has 1 saturated heterocycles. The van der Waals surface area contributed by atoms with Crippen LogP contribution in [0, 0.1) is 5.82 Å². The van der Waals surface area contributed by atoms with Crippen LogP contribution in [0.2, 0.25) is 0 Å². The third-order valence-electron chi connectivity index (χ3n) is 3.46. The van der Waals surface area contributed by atoms with Crippen LogP contribution in [-0.2, 0) is 4.74 Å². The number of halogens is 1. The average molecular weight is 253 g/mol. The molecular formula is C14H20FNO2. The second-order valence-corrected chi connectivity index (χ2v) is 5.12. The Morgan fingerprint density at radius 2 is 2.28 bits per heavy atom. The zero-order valence-corrected chi connectivity index (χ0v) is 11.1. The second-order valence-electron chi connectivity index (χ2n) is 5.12. The average Bonchev–Trinajstić information content (AvgIpc) is 2.75. The van der Waals surface area contributed by atoms with Crippen molar-refractivity contribution < 1.29 is 13.9 Å². The number of hydrogen-bond acceptors (Lipinski definition) is 3. The molecule has 1 aliphatic heterocycles. The smallest absolute Gasteiger partial charge is 0.131 e. The van der Waals surface area contributed by atoms with Gasteiger partial charge in [-0.05, 0) is 26.3 Å². The summed E-state index contributed by atoms with van der Waals surface area (Å²) in [5.74, 6) is 0.302. The van der Waals surface area contributed by atoms with E-state index in [0.29, 0.717) is 17.9 Å². The van der Waals surface area contributed by atoms with Crippen LogP contribution < -0.4 is 10.1 Å². The Labute approximate surface area is 107 Å². The molecule has 0 radical (unpaired) electrons. The van der Waals surface area contributed by atoms with Crippen LogP contribution in [-0.4, -0.2) is 25.9 Å². The van der Waals surface area contributed by atoms with Crippen LogP contribution in [0.25, 0.3) is 0 Å². The third-order valence-corrected chi connectivity index (χ3v) is 3.46. The molecule has 0 unspecified atom stereocenters. The minimum atomic E-state index is -0.239. The fraction of sp³-hybridized carbons (Fsp3) is 0.571. The Bertz CT molecular complexity index is 416. The van der Waals surface area contributed by atoms with E-state index in [-0.39, 0.29) is 17.4 Å². The van der Waals surface area contributed by atoms with Crippen molar-refractivity contribution in [3.05, 3.63) is 29.6 Å². The highest BCUT2D eigenvalue weighted by Gasteiger charge is 2.31. The van der Waals surface area contributed by atoms with Crippen molar-refractivity contribution in [3.63, 3.8) is 0 Å². The van der Waals surface area contributed by atoms with E-state index in [0.717, 1.165) is 13.0 Å². The number of hydrogen-bond donors (Lipinski definition) is 1. The summed E-state index contributed by atoms with van der Waals surface area (Å²) < 4.78 is 24.3. The summed E-state index contributed by atoms with van der Waals surface area (Å²) in [5.41, 5.74) is 0.593. The lowest BCUT2D eigenvalue weighted by Crippen LogP contribution is -2.44. The molecule has 1 N–H and O–H groups in total. The standard InChI is InChI=1S/C14H20FNO2/c1-10(16-14(2)6-7-18-9-14)12-5-4-11(17-3)8-13(12)15/h4-5,8,10,16H,6-7,9H2,1-3H3/t10-,14-/m0/s1. The normalized spacial score (nSPS) is 25.1. The molecule has 0 spiro atoms. The zero-order valence-electron chi connectivity index (χ0n) is 11.1. The molecule has 2 atom stereocenters. The number of nitrogens with one attached hydrogen (secondary N) is 1. The molecule has 2 rings (SSSR count). The highest BCUT2D eigenvalue weighted by molar-refractivity contribution is 5.30. The van der Waals surface area contributed by atoms with Gasteiger partial charge >= 0.3 is 0 Å². The SMILES string of the molecule is COc1ccc([C@H](C)N[C@@]2(C)CCOC2)c(F)c1. The molecular weight excluding hydrogens is 233 g/mol. The second kappa shape index (κ2) is 5.24. The number of ether oxygens (including phenoxy) is 2. The summed E-state index contributed by atoms with van der Waals surface area (Å²) >= 11 is 0. The van der Waals surface area contributed by atoms with E-state index in [1.165, 1.54) is 13.2 Å². The predicted octanol–water partition coefficient (Wildman–Crippen LogP) is 2.66. The molecule has 1 aromatic rings. The number of benzene rings is 1. The Balaban J connectivity index is 2.11. The topological polar surface area (TPSA) is 30.5 Å². The summed E-state index contributed by atoms with van der Waals surface area (Å²) in [6, 6.07) is 4.92. The monoisotopic (exact) mass is 253 g/mol. The van der Waals surface area contributed by atoms with E-state index < -0.39 is 0 Å². The Hall–Kier alpha value is -1.13. The molecule has 0 aliphatic carbocycles. The molecule has 3 nitrogen and oxygen atoms in total. The molecule has 0 aromatic heterocycles. The van der Waals surface area contributed by atoms with E-state index in [1.54, 1.807) is 12.1 Å². The van der Waals surface area contributed by atoms with Crippen molar-refractivity contribution >= 4 is 0 Å². The lowest BCUT2D eigenvalue weighted by molar-refractivity contribution is 0.167. The van der Waals surface area contributed by atoms with Gasteiger partial charge in [0.05, 0.1) is 13.7 Å². The van der Waals surface area contributed by atoms with Gasteiger partial charge < -0.3 is 14.8 Å². The molecule has 100 valence electrons. The first kappa shape index (κ1) is 13.3. The summed E-state index contributed by atoms with van der Waals surface area (Å²) in [6.07, 6.45) is 0.953. The highest BCUT2D eigenvalue weighted by Crippen LogP contribution is 2.26. The van der Waals surface area contributed by atoms with E-state index in [9.17, 15) is 4.39 Å². The van der Waals surface area contributed by atoms with Crippen LogP contribution >= 0.6 is 0 Å². The van der Waals surface area contributed by atoms with Crippen molar-refractivity contribution in [2.45, 2.75) is 31.8 Å². The van der Waals surface area contributed by atoms with Crippen LogP contribution in [0.5, 0.6) is 5.75 Å². The Kier molecular flexibility index (Phi) is 3.88. The third kappa shape index (κ3) is 2.82. The van der Waals surface area contributed by atoms with Crippen LogP contribution in [0.15, 0.2) is 18.2 Å². The Morgan fingerprint density at radius 1 is 1.50 bits per heavy atom. The lowest BCUT2D eigenvalue weighted by Gasteiger charge is -2.28. The minimum Gasteiger partial charge on any atom is -0.497 e. The molecule has 0 bridgehead atoms. The highest BCUT2D eigenvalue weighted by atomic mass is 19.1. The molecule has 1 aliphatic rings. The van der Waals surface area contributed by atoms with Gasteiger partial charge in [-0.3, -0.25) is 0 Å². The number of rotatable bonds is 4. The molecule has 1 aromatic carbocycles. The first-order valence-electron chi connectivity index (χ1n) is 6.23. The summed E-state index contributed by atoms with van der Waals surface area (Å²) in [4.78, 5) is 0. The lowest BCUT2D eigenvalue weighted by atomic mass is 9.98. The van der Waals surface area contributed by atoms with E-state index >= 15 is 0 Å². The fourth-order valence-corrected chi connectivity index (χ4v) is 2.37. The quantitative estimate of drug-likeness (QED) is 0.895. The first-order valence-corrected chi connectivity index (χ1v) is 6.23. The van der Waals surface area contributed by atoms with E-state index in [2.05, 4.69) is 12.2 Å². The molecule has 0 amide bonds. The van der Waals surface area contributed by atoms with Gasteiger partial charge in [-0.25, -0.2) is 4.39 Å². The van der Waals surface area contributed by atoms with E-state index in [1.807, 2.05) is 6.92 Å². The molecule has 1 fully saturated rings. The molecule has 4 heteroatoms. The van der Waals surface area contributed by atoms with Gasteiger partial charge in [0.1, 0.15) is 11.6 Å². The van der Waals surface area contributed by atoms with Crippen molar-refractivity contribution in [2.75, 3.05) is 20.3 Å². The summed E-state index contributed by atoms with van der Waals surface area (Å²) in [5, 5.41) is 3.44. The molecule has 0 saturated carbocycles. The maximum atomic E-state index is 13.9. The number of methoxy groups -OCH3 is 1. The zero-order chi connectivity index (χ0) is 13.2. The maximum Gasteiger partial charge on any atom is 0.131 e. The van der Waals surface area contributed by atoms with Gasteiger partial charge in [0, 0.05) is 29.8 Å². The van der Waals surface area contributed by atoms with Gasteiger partial charge in [0.25, 0.3) is 0 Å². The molecule has 18 heavy (non-hydrogen) atoms. The predicted molar refractivity (Wildman–Crippen MR) is 68.3 cm³/mol. The first-order chi connectivity index (χ1) is 8.54. The van der Waals surface area contributed by atoms with Crippen molar-refractivity contribution in [1.82, 2.24) is 5.32 Å². The van der Waals surface area contributed by atoms with Crippen molar-refractivity contribution in [1.29, 1.82) is 0 Å². The van der Waals surface area contributed by atoms with Gasteiger partial charge in [0.15, 0.2) is 0 Å². The van der Waals surface area contributed by atoms with Gasteiger partial charge in [-0.15, -0.1) is 0 Å².